The molecule has 0 aromatic heterocycles. The van der Waals surface area contributed by atoms with Gasteiger partial charge in [0.15, 0.2) is 6.61 Å². The molecule has 1 fully saturated rings. The molecule has 3 rings (SSSR count). The summed E-state index contributed by atoms with van der Waals surface area (Å²) >= 11 is 0. The van der Waals surface area contributed by atoms with Crippen LogP contribution in [0.25, 0.3) is 0 Å². The van der Waals surface area contributed by atoms with E-state index in [0.717, 1.165) is 25.2 Å². The maximum atomic E-state index is 13.3. The summed E-state index contributed by atoms with van der Waals surface area (Å²) in [6, 6.07) is 14.2. The molecule has 1 aliphatic rings. The zero-order valence-corrected chi connectivity index (χ0v) is 18.3. The van der Waals surface area contributed by atoms with Crippen LogP contribution in [0.4, 0.5) is 4.39 Å². The van der Waals surface area contributed by atoms with Gasteiger partial charge in [-0.3, -0.25) is 14.5 Å². The van der Waals surface area contributed by atoms with Crippen LogP contribution in [-0.4, -0.2) is 73.7 Å². The third-order valence-electron chi connectivity index (χ3n) is 5.37. The van der Waals surface area contributed by atoms with Gasteiger partial charge < -0.3 is 19.7 Å². The van der Waals surface area contributed by atoms with Crippen molar-refractivity contribution in [2.75, 3.05) is 46.0 Å². The lowest BCUT2D eigenvalue weighted by molar-refractivity contribution is -0.142. The number of hydrogen-bond donors (Lipinski definition) is 1. The number of rotatable bonds is 10. The van der Waals surface area contributed by atoms with Gasteiger partial charge in [0.2, 0.25) is 5.91 Å². The van der Waals surface area contributed by atoms with E-state index in [1.807, 2.05) is 18.2 Å². The highest BCUT2D eigenvalue weighted by Gasteiger charge is 2.26. The predicted octanol–water partition coefficient (Wildman–Crippen LogP) is 2.07. The van der Waals surface area contributed by atoms with Gasteiger partial charge in [0, 0.05) is 32.7 Å². The lowest BCUT2D eigenvalue weighted by Crippen LogP contribution is -2.50. The number of para-hydroxylation sites is 1. The minimum atomic E-state index is -0.711. The van der Waals surface area contributed by atoms with Crippen molar-refractivity contribution in [1.82, 2.24) is 15.1 Å². The Morgan fingerprint density at radius 3 is 2.50 bits per heavy atom. The molecule has 172 valence electrons. The molecule has 1 saturated heterocycles. The highest BCUT2D eigenvalue weighted by Crippen LogP contribution is 2.13. The van der Waals surface area contributed by atoms with Gasteiger partial charge in [0.05, 0.1) is 13.2 Å². The van der Waals surface area contributed by atoms with Crippen LogP contribution in [-0.2, 0) is 20.9 Å². The van der Waals surface area contributed by atoms with Gasteiger partial charge in [-0.15, -0.1) is 0 Å². The van der Waals surface area contributed by atoms with E-state index in [1.54, 1.807) is 31.2 Å². The summed E-state index contributed by atoms with van der Waals surface area (Å²) in [5.74, 6) is -0.347. The zero-order chi connectivity index (χ0) is 22.8. The predicted molar refractivity (Wildman–Crippen MR) is 119 cm³/mol. The van der Waals surface area contributed by atoms with E-state index in [-0.39, 0.29) is 30.8 Å². The van der Waals surface area contributed by atoms with Gasteiger partial charge in [-0.05, 0) is 36.8 Å². The molecule has 1 heterocycles. The normalized spacial score (nSPS) is 15.1. The Bertz CT molecular complexity index is 857. The summed E-state index contributed by atoms with van der Waals surface area (Å²) in [6.07, 6.45) is 0. The van der Waals surface area contributed by atoms with E-state index >= 15 is 0 Å². The fourth-order valence-electron chi connectivity index (χ4n) is 3.42. The molecule has 0 spiro atoms. The largest absolute Gasteiger partial charge is 0.484 e. The van der Waals surface area contributed by atoms with Gasteiger partial charge in [0.25, 0.3) is 5.91 Å². The summed E-state index contributed by atoms with van der Waals surface area (Å²) < 4.78 is 24.2. The van der Waals surface area contributed by atoms with Crippen molar-refractivity contribution in [3.05, 3.63) is 66.0 Å². The fraction of sp³-hybridized carbons (Fsp3) is 0.417. The van der Waals surface area contributed by atoms with Crippen LogP contribution in [0.5, 0.6) is 5.75 Å². The Balaban J connectivity index is 1.60. The van der Waals surface area contributed by atoms with Crippen LogP contribution in [0.3, 0.4) is 0 Å². The van der Waals surface area contributed by atoms with Crippen molar-refractivity contribution in [2.45, 2.75) is 19.5 Å². The number of amides is 2. The van der Waals surface area contributed by atoms with Gasteiger partial charge >= 0.3 is 0 Å². The van der Waals surface area contributed by atoms with Crippen molar-refractivity contribution < 1.29 is 23.5 Å². The third-order valence-corrected chi connectivity index (χ3v) is 5.37. The van der Waals surface area contributed by atoms with Crippen LogP contribution < -0.4 is 10.1 Å². The average molecular weight is 444 g/mol. The van der Waals surface area contributed by atoms with Crippen molar-refractivity contribution in [3.8, 4) is 5.75 Å². The summed E-state index contributed by atoms with van der Waals surface area (Å²) in [7, 11) is 0. The maximum Gasteiger partial charge on any atom is 0.261 e. The molecule has 0 bridgehead atoms. The first-order valence-corrected chi connectivity index (χ1v) is 10.8. The molecule has 0 saturated carbocycles. The standard InChI is InChI=1S/C24H30FN3O4/c1-19(24(30)26-11-12-27-13-15-31-16-14-27)28(17-20-7-9-21(25)10-8-20)23(29)18-32-22-5-3-2-4-6-22/h2-10,19H,11-18H2,1H3,(H,26,30). The topological polar surface area (TPSA) is 71.1 Å². The minimum absolute atomic E-state index is 0.176. The Labute approximate surface area is 188 Å². The number of carbonyl (C=O) groups excluding carboxylic acids is 2. The van der Waals surface area contributed by atoms with Gasteiger partial charge in [-0.1, -0.05) is 30.3 Å². The fourth-order valence-corrected chi connectivity index (χ4v) is 3.42. The van der Waals surface area contributed by atoms with Crippen LogP contribution in [0, 0.1) is 5.82 Å². The number of nitrogens with zero attached hydrogens (tertiary/aromatic N) is 2. The molecule has 2 amide bonds. The van der Waals surface area contributed by atoms with E-state index in [4.69, 9.17) is 9.47 Å². The van der Waals surface area contributed by atoms with Crippen LogP contribution in [0.1, 0.15) is 12.5 Å². The molecule has 0 radical (unpaired) electrons. The first-order valence-electron chi connectivity index (χ1n) is 10.8. The lowest BCUT2D eigenvalue weighted by Gasteiger charge is -2.30. The summed E-state index contributed by atoms with van der Waals surface area (Å²) in [5, 5.41) is 2.92. The number of carbonyl (C=O) groups is 2. The second kappa shape index (κ2) is 12.2. The van der Waals surface area contributed by atoms with Crippen LogP contribution >= 0.6 is 0 Å². The van der Waals surface area contributed by atoms with Crippen LogP contribution in [0.2, 0.25) is 0 Å². The number of benzene rings is 2. The Kier molecular flexibility index (Phi) is 9.01. The smallest absolute Gasteiger partial charge is 0.261 e. The van der Waals surface area contributed by atoms with Crippen molar-refractivity contribution in [2.24, 2.45) is 0 Å². The number of hydrogen-bond acceptors (Lipinski definition) is 5. The van der Waals surface area contributed by atoms with E-state index in [0.29, 0.717) is 25.5 Å². The highest BCUT2D eigenvalue weighted by atomic mass is 19.1. The van der Waals surface area contributed by atoms with E-state index in [2.05, 4.69) is 10.2 Å². The Hall–Kier alpha value is -2.97. The van der Waals surface area contributed by atoms with Crippen molar-refractivity contribution in [3.63, 3.8) is 0 Å². The molecule has 2 aromatic rings. The van der Waals surface area contributed by atoms with E-state index < -0.39 is 6.04 Å². The van der Waals surface area contributed by atoms with E-state index in [1.165, 1.54) is 17.0 Å². The maximum absolute atomic E-state index is 13.3. The number of morpholine rings is 1. The molecule has 8 heteroatoms. The van der Waals surface area contributed by atoms with Crippen molar-refractivity contribution in [1.29, 1.82) is 0 Å². The second-order valence-corrected chi connectivity index (χ2v) is 7.67. The molecule has 1 aliphatic heterocycles. The molecule has 1 N–H and O–H groups in total. The zero-order valence-electron chi connectivity index (χ0n) is 18.3. The van der Waals surface area contributed by atoms with Crippen molar-refractivity contribution >= 4 is 11.8 Å². The molecule has 1 unspecified atom stereocenters. The summed E-state index contributed by atoms with van der Waals surface area (Å²) in [6.45, 7) is 5.97. The monoisotopic (exact) mass is 443 g/mol. The first kappa shape index (κ1) is 23.7. The molecule has 32 heavy (non-hydrogen) atoms. The third kappa shape index (κ3) is 7.32. The second-order valence-electron chi connectivity index (χ2n) is 7.67. The molecule has 7 nitrogen and oxygen atoms in total. The molecule has 2 aromatic carbocycles. The molecule has 0 aliphatic carbocycles. The Morgan fingerprint density at radius 1 is 1.12 bits per heavy atom. The SMILES string of the molecule is CC(C(=O)NCCN1CCOCC1)N(Cc1ccc(F)cc1)C(=O)COc1ccccc1. The van der Waals surface area contributed by atoms with E-state index in [9.17, 15) is 14.0 Å². The summed E-state index contributed by atoms with van der Waals surface area (Å²) in [4.78, 5) is 29.5. The highest BCUT2D eigenvalue weighted by molar-refractivity contribution is 5.87. The van der Waals surface area contributed by atoms with Gasteiger partial charge in [-0.2, -0.15) is 0 Å². The number of nitrogens with one attached hydrogen (secondary N) is 1. The lowest BCUT2D eigenvalue weighted by atomic mass is 10.1. The average Bonchev–Trinajstić information content (AvgIpc) is 2.83. The molecular formula is C24H30FN3O4. The number of ether oxygens (including phenoxy) is 2. The van der Waals surface area contributed by atoms with Crippen LogP contribution in [0.15, 0.2) is 54.6 Å². The first-order chi connectivity index (χ1) is 15.5. The van der Waals surface area contributed by atoms with Gasteiger partial charge in [0.1, 0.15) is 17.6 Å². The number of halogens is 1. The Morgan fingerprint density at radius 2 is 1.81 bits per heavy atom. The molecule has 1 atom stereocenters. The quantitative estimate of drug-likeness (QED) is 0.609. The molecular weight excluding hydrogens is 413 g/mol. The summed E-state index contributed by atoms with van der Waals surface area (Å²) in [5.41, 5.74) is 0.729. The van der Waals surface area contributed by atoms with Gasteiger partial charge in [-0.25, -0.2) is 4.39 Å². The minimum Gasteiger partial charge on any atom is -0.484 e.